The Morgan fingerprint density at radius 2 is 1.70 bits per heavy atom. The number of esters is 2. The first-order valence-corrected chi connectivity index (χ1v) is 8.61. The normalized spacial score (nSPS) is 11.4. The first kappa shape index (κ1) is 23.0. The molecule has 0 fully saturated rings. The highest BCUT2D eigenvalue weighted by atomic mass is 19.4. The minimum atomic E-state index is -4.40. The number of halogens is 3. The van der Waals surface area contributed by atoms with Crippen LogP contribution >= 0.6 is 0 Å². The first-order chi connectivity index (χ1) is 14.2. The van der Waals surface area contributed by atoms with E-state index in [2.05, 4.69) is 9.47 Å². The second-order valence-electron chi connectivity index (χ2n) is 5.96. The molecule has 9 heteroatoms. The summed E-state index contributed by atoms with van der Waals surface area (Å²) in [4.78, 5) is 23.5. The predicted octanol–water partition coefficient (Wildman–Crippen LogP) is 4.18. The molecule has 0 unspecified atom stereocenters. The maximum absolute atomic E-state index is 12.3. The molecular formula is C21H19F3O6. The van der Waals surface area contributed by atoms with Crippen molar-refractivity contribution in [2.45, 2.75) is 12.8 Å². The third-order valence-corrected chi connectivity index (χ3v) is 3.73. The van der Waals surface area contributed by atoms with E-state index in [9.17, 15) is 22.8 Å². The van der Waals surface area contributed by atoms with Crippen molar-refractivity contribution in [2.24, 2.45) is 0 Å². The molecule has 0 atom stereocenters. The van der Waals surface area contributed by atoms with Crippen LogP contribution in [0, 0.1) is 0 Å². The SMILES string of the molecule is COC(=O)/C=C/c1ccc(OC(=O)c2ccc(COCC(F)(F)F)cc2)c(OC)c1. The van der Waals surface area contributed by atoms with Gasteiger partial charge in [-0.15, -0.1) is 0 Å². The maximum atomic E-state index is 12.3. The van der Waals surface area contributed by atoms with Crippen molar-refractivity contribution < 1.29 is 41.7 Å². The van der Waals surface area contributed by atoms with Gasteiger partial charge in [0.2, 0.25) is 0 Å². The fourth-order valence-electron chi connectivity index (χ4n) is 2.28. The number of hydrogen-bond donors (Lipinski definition) is 0. The maximum Gasteiger partial charge on any atom is 0.411 e. The minimum Gasteiger partial charge on any atom is -0.493 e. The van der Waals surface area contributed by atoms with Crippen molar-refractivity contribution in [3.8, 4) is 11.5 Å². The molecule has 0 amide bonds. The average Bonchev–Trinajstić information content (AvgIpc) is 2.72. The molecule has 2 aromatic carbocycles. The molecule has 160 valence electrons. The molecule has 2 rings (SSSR count). The van der Waals surface area contributed by atoms with Gasteiger partial charge in [0, 0.05) is 6.08 Å². The molecule has 30 heavy (non-hydrogen) atoms. The molecule has 0 saturated carbocycles. The van der Waals surface area contributed by atoms with Crippen LogP contribution in [0.15, 0.2) is 48.5 Å². The molecule has 0 radical (unpaired) electrons. The number of benzene rings is 2. The zero-order chi connectivity index (χ0) is 22.1. The topological polar surface area (TPSA) is 71.1 Å². The number of carbonyl (C=O) groups is 2. The number of alkyl halides is 3. The Hall–Kier alpha value is -3.33. The quantitative estimate of drug-likeness (QED) is 0.360. The van der Waals surface area contributed by atoms with Gasteiger partial charge in [0.1, 0.15) is 6.61 Å². The van der Waals surface area contributed by atoms with E-state index in [-0.39, 0.29) is 23.7 Å². The zero-order valence-corrected chi connectivity index (χ0v) is 16.2. The van der Waals surface area contributed by atoms with E-state index < -0.39 is 24.7 Å². The fraction of sp³-hybridized carbons (Fsp3) is 0.238. The number of carbonyl (C=O) groups excluding carboxylic acids is 2. The summed E-state index contributed by atoms with van der Waals surface area (Å²) in [7, 11) is 2.66. The lowest BCUT2D eigenvalue weighted by atomic mass is 10.1. The predicted molar refractivity (Wildman–Crippen MR) is 101 cm³/mol. The standard InChI is InChI=1S/C21H19F3O6/c1-27-18-11-14(6-10-19(25)28-2)5-9-17(18)30-20(26)16-7-3-15(4-8-16)12-29-13-21(22,23)24/h3-11H,12-13H2,1-2H3/b10-6+. The molecule has 0 bridgehead atoms. The van der Waals surface area contributed by atoms with Gasteiger partial charge >= 0.3 is 18.1 Å². The van der Waals surface area contributed by atoms with Crippen LogP contribution in [-0.4, -0.2) is 38.9 Å². The number of methoxy groups -OCH3 is 2. The molecule has 0 spiro atoms. The molecule has 0 aliphatic carbocycles. The Morgan fingerprint density at radius 3 is 2.30 bits per heavy atom. The van der Waals surface area contributed by atoms with Gasteiger partial charge in [0.15, 0.2) is 11.5 Å². The average molecular weight is 424 g/mol. The monoisotopic (exact) mass is 424 g/mol. The van der Waals surface area contributed by atoms with Crippen LogP contribution in [0.2, 0.25) is 0 Å². The Balaban J connectivity index is 2.02. The van der Waals surface area contributed by atoms with Crippen molar-refractivity contribution in [1.29, 1.82) is 0 Å². The van der Waals surface area contributed by atoms with Crippen molar-refractivity contribution in [3.05, 3.63) is 65.2 Å². The lowest BCUT2D eigenvalue weighted by molar-refractivity contribution is -0.176. The van der Waals surface area contributed by atoms with E-state index in [1.165, 1.54) is 56.7 Å². The van der Waals surface area contributed by atoms with Crippen LogP contribution in [0.25, 0.3) is 6.08 Å². The van der Waals surface area contributed by atoms with Gasteiger partial charge in [0.05, 0.1) is 26.4 Å². The summed E-state index contributed by atoms with van der Waals surface area (Å²) in [5.41, 5.74) is 1.31. The highest BCUT2D eigenvalue weighted by Crippen LogP contribution is 2.29. The number of rotatable bonds is 8. The van der Waals surface area contributed by atoms with Crippen LogP contribution < -0.4 is 9.47 Å². The van der Waals surface area contributed by atoms with Gasteiger partial charge in [-0.2, -0.15) is 13.2 Å². The second-order valence-corrected chi connectivity index (χ2v) is 5.96. The Morgan fingerprint density at radius 1 is 1.00 bits per heavy atom. The molecule has 2 aromatic rings. The highest BCUT2D eigenvalue weighted by molar-refractivity contribution is 5.91. The summed E-state index contributed by atoms with van der Waals surface area (Å²) in [5, 5.41) is 0. The third-order valence-electron chi connectivity index (χ3n) is 3.73. The van der Waals surface area contributed by atoms with Crippen molar-refractivity contribution in [1.82, 2.24) is 0 Å². The van der Waals surface area contributed by atoms with Crippen LogP contribution in [0.3, 0.4) is 0 Å². The van der Waals surface area contributed by atoms with Crippen LogP contribution in [0.4, 0.5) is 13.2 Å². The second kappa shape index (κ2) is 10.4. The van der Waals surface area contributed by atoms with E-state index in [0.717, 1.165) is 0 Å². The molecule has 0 saturated heterocycles. The Bertz CT molecular complexity index is 904. The van der Waals surface area contributed by atoms with Gasteiger partial charge in [-0.1, -0.05) is 18.2 Å². The summed E-state index contributed by atoms with van der Waals surface area (Å²) < 4.78 is 55.9. The van der Waals surface area contributed by atoms with E-state index in [0.29, 0.717) is 11.1 Å². The summed E-state index contributed by atoms with van der Waals surface area (Å²) in [5.74, 6) is -0.756. The number of ether oxygens (including phenoxy) is 4. The molecular weight excluding hydrogens is 405 g/mol. The number of hydrogen-bond acceptors (Lipinski definition) is 6. The van der Waals surface area contributed by atoms with Crippen molar-refractivity contribution >= 4 is 18.0 Å². The van der Waals surface area contributed by atoms with Gasteiger partial charge in [-0.25, -0.2) is 9.59 Å². The summed E-state index contributed by atoms with van der Waals surface area (Å²) in [6.45, 7) is -1.58. The van der Waals surface area contributed by atoms with Gasteiger partial charge in [-0.05, 0) is 41.5 Å². The van der Waals surface area contributed by atoms with E-state index in [1.807, 2.05) is 0 Å². The van der Waals surface area contributed by atoms with E-state index in [4.69, 9.17) is 9.47 Å². The summed E-state index contributed by atoms with van der Waals surface area (Å²) in [6.07, 6.45) is -1.65. The van der Waals surface area contributed by atoms with Crippen LogP contribution in [0.5, 0.6) is 11.5 Å². The van der Waals surface area contributed by atoms with Gasteiger partial charge in [-0.3, -0.25) is 0 Å². The lowest BCUT2D eigenvalue weighted by Gasteiger charge is -2.11. The highest BCUT2D eigenvalue weighted by Gasteiger charge is 2.27. The molecule has 0 aliphatic rings. The van der Waals surface area contributed by atoms with Gasteiger partial charge in [0.25, 0.3) is 0 Å². The Labute approximate surface area is 170 Å². The van der Waals surface area contributed by atoms with Crippen LogP contribution in [-0.2, 0) is 20.9 Å². The molecule has 0 heterocycles. The Kier molecular flexibility index (Phi) is 7.99. The zero-order valence-electron chi connectivity index (χ0n) is 16.2. The fourth-order valence-corrected chi connectivity index (χ4v) is 2.28. The summed E-state index contributed by atoms with van der Waals surface area (Å²) >= 11 is 0. The van der Waals surface area contributed by atoms with E-state index >= 15 is 0 Å². The van der Waals surface area contributed by atoms with Crippen LogP contribution in [0.1, 0.15) is 21.5 Å². The van der Waals surface area contributed by atoms with Crippen molar-refractivity contribution in [2.75, 3.05) is 20.8 Å². The molecule has 6 nitrogen and oxygen atoms in total. The van der Waals surface area contributed by atoms with Gasteiger partial charge < -0.3 is 18.9 Å². The lowest BCUT2D eigenvalue weighted by Crippen LogP contribution is -2.16. The minimum absolute atomic E-state index is 0.162. The summed E-state index contributed by atoms with van der Waals surface area (Å²) in [6, 6.07) is 10.5. The van der Waals surface area contributed by atoms with Crippen molar-refractivity contribution in [3.63, 3.8) is 0 Å². The molecule has 0 aromatic heterocycles. The largest absolute Gasteiger partial charge is 0.493 e. The smallest absolute Gasteiger partial charge is 0.411 e. The van der Waals surface area contributed by atoms with E-state index in [1.54, 1.807) is 12.1 Å². The molecule has 0 aliphatic heterocycles. The first-order valence-electron chi connectivity index (χ1n) is 8.61. The molecule has 0 N–H and O–H groups in total. The third kappa shape index (κ3) is 7.25.